The smallest absolute Gasteiger partial charge is 0.475 e. The molecule has 2 aliphatic heterocycles. The molecule has 0 aromatic rings. The Bertz CT molecular complexity index is 446. The van der Waals surface area contributed by atoms with Crippen molar-refractivity contribution in [3.05, 3.63) is 0 Å². The van der Waals surface area contributed by atoms with E-state index < -0.39 is 40.3 Å². The van der Waals surface area contributed by atoms with Gasteiger partial charge in [0.05, 0.1) is 6.04 Å². The Morgan fingerprint density at radius 1 is 1.53 bits per heavy atom. The van der Waals surface area contributed by atoms with E-state index in [0.29, 0.717) is 17.9 Å². The topological polar surface area (TPSA) is 87.2 Å². The Labute approximate surface area is 109 Å². The van der Waals surface area contributed by atoms with E-state index in [4.69, 9.17) is 5.11 Å². The summed E-state index contributed by atoms with van der Waals surface area (Å²) >= 11 is 0. The standard InChI is InChI=1S/C9H12F2N2O5S/c1-19(17)6-3-2-5-4-12(6)8(16)13(5)18-9(10,11)7(14)15/h5-6H,2-4H2,1H3,(H,14,15)/t5-,6-,19-/m1/s1. The fourth-order valence-corrected chi connectivity index (χ4v) is 3.23. The Morgan fingerprint density at radius 3 is 2.68 bits per heavy atom. The Balaban J connectivity index is 2.16. The quantitative estimate of drug-likeness (QED) is 0.801. The molecule has 2 rings (SSSR count). The molecule has 108 valence electrons. The van der Waals surface area contributed by atoms with Gasteiger partial charge in [0.2, 0.25) is 0 Å². The molecule has 7 nitrogen and oxygen atoms in total. The number of nitrogens with zero attached hydrogens (tertiary/aromatic N) is 2. The summed E-state index contributed by atoms with van der Waals surface area (Å²) in [6.07, 6.45) is -2.30. The molecule has 2 aliphatic rings. The third-order valence-electron chi connectivity index (χ3n) is 3.11. The summed E-state index contributed by atoms with van der Waals surface area (Å²) in [6.45, 7) is 0.110. The molecule has 3 atom stereocenters. The normalized spacial score (nSPS) is 28.7. The highest BCUT2D eigenvalue weighted by Crippen LogP contribution is 2.33. The van der Waals surface area contributed by atoms with E-state index in [1.54, 1.807) is 0 Å². The summed E-state index contributed by atoms with van der Waals surface area (Å²) in [6, 6.07) is -1.51. The molecule has 10 heteroatoms. The summed E-state index contributed by atoms with van der Waals surface area (Å²) < 4.78 is 37.4. The second kappa shape index (κ2) is 4.67. The predicted molar refractivity (Wildman–Crippen MR) is 58.5 cm³/mol. The number of amides is 2. The first-order valence-corrected chi connectivity index (χ1v) is 7.08. The second-order valence-electron chi connectivity index (χ2n) is 4.36. The van der Waals surface area contributed by atoms with E-state index in [1.165, 1.54) is 11.2 Å². The van der Waals surface area contributed by atoms with Crippen molar-refractivity contribution in [2.75, 3.05) is 12.8 Å². The molecular formula is C9H12F2N2O5S. The minimum atomic E-state index is -4.46. The SMILES string of the molecule is C[S@@](=O)[C@@H]1CC[C@@H]2CN1C(=O)N2OC(F)(F)C(=O)O. The maximum Gasteiger partial charge on any atom is 0.476 e. The third-order valence-corrected chi connectivity index (χ3v) is 4.37. The van der Waals surface area contributed by atoms with Gasteiger partial charge >= 0.3 is 18.1 Å². The molecule has 0 aliphatic carbocycles. The van der Waals surface area contributed by atoms with Gasteiger partial charge in [0.25, 0.3) is 0 Å². The van der Waals surface area contributed by atoms with Gasteiger partial charge in [0.15, 0.2) is 0 Å². The van der Waals surface area contributed by atoms with Crippen molar-refractivity contribution in [2.24, 2.45) is 0 Å². The molecule has 2 heterocycles. The molecule has 2 bridgehead atoms. The van der Waals surface area contributed by atoms with E-state index in [0.717, 1.165) is 0 Å². The van der Waals surface area contributed by atoms with Gasteiger partial charge in [-0.1, -0.05) is 0 Å². The average molecular weight is 298 g/mol. The van der Waals surface area contributed by atoms with Crippen molar-refractivity contribution in [3.8, 4) is 0 Å². The highest BCUT2D eigenvalue weighted by molar-refractivity contribution is 7.84. The van der Waals surface area contributed by atoms with Gasteiger partial charge in [-0.15, -0.1) is 0 Å². The summed E-state index contributed by atoms with van der Waals surface area (Å²) in [4.78, 5) is 27.4. The van der Waals surface area contributed by atoms with Gasteiger partial charge < -0.3 is 10.0 Å². The Hall–Kier alpha value is -1.29. The molecule has 0 unspecified atom stereocenters. The third kappa shape index (κ3) is 2.41. The number of carboxylic acid groups (broad SMARTS) is 1. The van der Waals surface area contributed by atoms with Crippen LogP contribution in [-0.4, -0.2) is 61.6 Å². The zero-order chi connectivity index (χ0) is 14.4. The minimum absolute atomic E-state index is 0.110. The number of aliphatic carboxylic acids is 1. The number of hydroxylamine groups is 2. The molecule has 0 aromatic heterocycles. The molecule has 0 saturated carbocycles. The van der Waals surface area contributed by atoms with E-state index in [1.807, 2.05) is 0 Å². The number of carbonyl (C=O) groups excluding carboxylic acids is 1. The van der Waals surface area contributed by atoms with E-state index >= 15 is 0 Å². The molecule has 0 aromatic carbocycles. The van der Waals surface area contributed by atoms with Crippen molar-refractivity contribution in [2.45, 2.75) is 30.4 Å². The van der Waals surface area contributed by atoms with Gasteiger partial charge in [0, 0.05) is 23.6 Å². The number of hydrogen-bond donors (Lipinski definition) is 1. The molecule has 2 fully saturated rings. The lowest BCUT2D eigenvalue weighted by Gasteiger charge is -2.28. The van der Waals surface area contributed by atoms with Crippen LogP contribution in [0.15, 0.2) is 0 Å². The van der Waals surface area contributed by atoms with Crippen LogP contribution in [0.3, 0.4) is 0 Å². The van der Waals surface area contributed by atoms with Crippen molar-refractivity contribution in [1.82, 2.24) is 9.96 Å². The van der Waals surface area contributed by atoms with Crippen LogP contribution in [0, 0.1) is 0 Å². The summed E-state index contributed by atoms with van der Waals surface area (Å²) in [5, 5.41) is 8.14. The lowest BCUT2D eigenvalue weighted by Crippen LogP contribution is -2.44. The molecule has 0 spiro atoms. The van der Waals surface area contributed by atoms with Crippen LogP contribution < -0.4 is 0 Å². The van der Waals surface area contributed by atoms with E-state index in [-0.39, 0.29) is 6.54 Å². The first-order chi connectivity index (χ1) is 8.74. The molecule has 2 saturated heterocycles. The monoisotopic (exact) mass is 298 g/mol. The molecule has 19 heavy (non-hydrogen) atoms. The maximum absolute atomic E-state index is 13.0. The average Bonchev–Trinajstić information content (AvgIpc) is 2.54. The number of halogens is 2. The summed E-state index contributed by atoms with van der Waals surface area (Å²) in [5.41, 5.74) is 0. The van der Waals surface area contributed by atoms with E-state index in [9.17, 15) is 22.6 Å². The maximum atomic E-state index is 13.0. The first-order valence-electron chi connectivity index (χ1n) is 5.46. The summed E-state index contributed by atoms with van der Waals surface area (Å²) in [7, 11) is -1.30. The number of hydrogen-bond acceptors (Lipinski definition) is 4. The van der Waals surface area contributed by atoms with Gasteiger partial charge in [-0.2, -0.15) is 18.7 Å². The summed E-state index contributed by atoms with van der Waals surface area (Å²) in [5.74, 6) is -2.47. The van der Waals surface area contributed by atoms with Gasteiger partial charge in [-0.25, -0.2) is 9.59 Å². The minimum Gasteiger partial charge on any atom is -0.475 e. The second-order valence-corrected chi connectivity index (χ2v) is 5.90. The van der Waals surface area contributed by atoms with Crippen LogP contribution in [0.2, 0.25) is 0 Å². The lowest BCUT2D eigenvalue weighted by molar-refractivity contribution is -0.327. The first kappa shape index (κ1) is 14.1. The molecule has 0 radical (unpaired) electrons. The predicted octanol–water partition coefficient (Wildman–Crippen LogP) is 0.200. The molecule has 2 amide bonds. The van der Waals surface area contributed by atoms with Crippen molar-refractivity contribution >= 4 is 22.8 Å². The van der Waals surface area contributed by atoms with Crippen LogP contribution in [0.5, 0.6) is 0 Å². The number of alkyl halides is 2. The molecule has 1 N–H and O–H groups in total. The lowest BCUT2D eigenvalue weighted by atomic mass is 10.1. The zero-order valence-corrected chi connectivity index (χ0v) is 10.7. The number of piperidine rings is 1. The fourth-order valence-electron chi connectivity index (χ4n) is 2.22. The highest BCUT2D eigenvalue weighted by atomic mass is 32.2. The number of carboxylic acids is 1. The van der Waals surface area contributed by atoms with Crippen molar-refractivity contribution < 1.29 is 32.5 Å². The molecular weight excluding hydrogens is 286 g/mol. The number of fused-ring (bicyclic) bond motifs is 2. The Kier molecular flexibility index (Phi) is 3.47. The number of rotatable bonds is 4. The van der Waals surface area contributed by atoms with Crippen LogP contribution >= 0.6 is 0 Å². The Morgan fingerprint density at radius 2 is 2.16 bits per heavy atom. The van der Waals surface area contributed by atoms with Crippen LogP contribution in [-0.2, 0) is 20.4 Å². The van der Waals surface area contributed by atoms with Crippen LogP contribution in [0.4, 0.5) is 13.6 Å². The van der Waals surface area contributed by atoms with Crippen molar-refractivity contribution in [3.63, 3.8) is 0 Å². The van der Waals surface area contributed by atoms with Gasteiger partial charge in [0.1, 0.15) is 5.37 Å². The number of carbonyl (C=O) groups is 2. The fraction of sp³-hybridized carbons (Fsp3) is 0.778. The highest BCUT2D eigenvalue weighted by Gasteiger charge is 2.53. The largest absolute Gasteiger partial charge is 0.476 e. The zero-order valence-electron chi connectivity index (χ0n) is 9.91. The van der Waals surface area contributed by atoms with Crippen molar-refractivity contribution in [1.29, 1.82) is 0 Å². The van der Waals surface area contributed by atoms with Gasteiger partial charge in [-0.05, 0) is 12.8 Å². The van der Waals surface area contributed by atoms with Crippen LogP contribution in [0.25, 0.3) is 0 Å². The van der Waals surface area contributed by atoms with E-state index in [2.05, 4.69) is 4.84 Å². The number of urea groups is 1. The van der Waals surface area contributed by atoms with Crippen LogP contribution in [0.1, 0.15) is 12.8 Å². The van der Waals surface area contributed by atoms with Gasteiger partial charge in [-0.3, -0.25) is 4.21 Å².